The molecule has 0 bridgehead atoms. The van der Waals surface area contributed by atoms with Crippen molar-refractivity contribution >= 4 is 18.3 Å². The molecule has 2 aliphatic heterocycles. The fourth-order valence-electron chi connectivity index (χ4n) is 3.01. The predicted molar refractivity (Wildman–Crippen MR) is 80.4 cm³/mol. The van der Waals surface area contributed by atoms with Crippen molar-refractivity contribution in [3.63, 3.8) is 0 Å². The number of rotatable bonds is 3. The highest BCUT2D eigenvalue weighted by Gasteiger charge is 2.35. The highest BCUT2D eigenvalue weighted by atomic mass is 35.5. The number of likely N-dealkylation sites (tertiary alicyclic amines) is 1. The molecule has 1 amide bonds. The van der Waals surface area contributed by atoms with Crippen LogP contribution in [0.4, 0.5) is 0 Å². The molecule has 2 aliphatic rings. The van der Waals surface area contributed by atoms with Crippen molar-refractivity contribution in [3.05, 3.63) is 29.8 Å². The van der Waals surface area contributed by atoms with E-state index in [-0.39, 0.29) is 24.4 Å². The molecule has 1 N–H and O–H groups in total. The van der Waals surface area contributed by atoms with Crippen molar-refractivity contribution < 1.29 is 9.53 Å². The highest BCUT2D eigenvalue weighted by Crippen LogP contribution is 2.29. The van der Waals surface area contributed by atoms with E-state index in [1.54, 1.807) is 0 Å². The monoisotopic (exact) mass is 296 g/mol. The summed E-state index contributed by atoms with van der Waals surface area (Å²) in [5.41, 5.74) is 1.15. The summed E-state index contributed by atoms with van der Waals surface area (Å²) in [7, 11) is 1.96. The average Bonchev–Trinajstić information content (AvgIpc) is 3.04. The molecule has 1 aromatic rings. The van der Waals surface area contributed by atoms with Gasteiger partial charge in [0.2, 0.25) is 0 Å². The second-order valence-corrected chi connectivity index (χ2v) is 5.41. The quantitative estimate of drug-likeness (QED) is 0.919. The number of hydrogen-bond donors (Lipinski definition) is 1. The van der Waals surface area contributed by atoms with Crippen LogP contribution < -0.4 is 10.1 Å². The molecule has 3 rings (SSSR count). The Morgan fingerprint density at radius 3 is 3.00 bits per heavy atom. The molecule has 0 saturated carbocycles. The topological polar surface area (TPSA) is 41.6 Å². The lowest BCUT2D eigenvalue weighted by molar-refractivity contribution is -0.136. The smallest absolute Gasteiger partial charge is 0.264 e. The number of nitrogens with zero attached hydrogens (tertiary/aromatic N) is 1. The molecule has 2 atom stereocenters. The third-order valence-corrected chi connectivity index (χ3v) is 4.01. The van der Waals surface area contributed by atoms with E-state index in [9.17, 15) is 4.79 Å². The van der Waals surface area contributed by atoms with Crippen LogP contribution in [0.2, 0.25) is 0 Å². The van der Waals surface area contributed by atoms with Crippen LogP contribution in [0.25, 0.3) is 0 Å². The van der Waals surface area contributed by atoms with Crippen molar-refractivity contribution in [2.24, 2.45) is 5.92 Å². The van der Waals surface area contributed by atoms with Gasteiger partial charge in [-0.2, -0.15) is 0 Å². The number of ether oxygens (including phenoxy) is 1. The van der Waals surface area contributed by atoms with E-state index >= 15 is 0 Å². The number of para-hydroxylation sites is 1. The minimum Gasteiger partial charge on any atom is -0.480 e. The Labute approximate surface area is 125 Å². The van der Waals surface area contributed by atoms with Gasteiger partial charge in [-0.1, -0.05) is 18.2 Å². The third-order valence-electron chi connectivity index (χ3n) is 4.01. The fourth-order valence-corrected chi connectivity index (χ4v) is 3.01. The number of fused-ring (bicyclic) bond motifs is 1. The molecule has 1 fully saturated rings. The Hall–Kier alpha value is -1.26. The summed E-state index contributed by atoms with van der Waals surface area (Å²) in [6.07, 6.45) is 1.49. The second-order valence-electron chi connectivity index (χ2n) is 5.41. The van der Waals surface area contributed by atoms with E-state index < -0.39 is 0 Å². The summed E-state index contributed by atoms with van der Waals surface area (Å²) in [4.78, 5) is 14.4. The summed E-state index contributed by atoms with van der Waals surface area (Å²) in [6.45, 7) is 2.70. The second kappa shape index (κ2) is 6.46. The van der Waals surface area contributed by atoms with Crippen LogP contribution in [0.1, 0.15) is 12.0 Å². The number of benzene rings is 1. The van der Waals surface area contributed by atoms with E-state index in [4.69, 9.17) is 4.74 Å². The van der Waals surface area contributed by atoms with Crippen LogP contribution in [0.3, 0.4) is 0 Å². The lowest BCUT2D eigenvalue weighted by atomic mass is 10.1. The molecule has 0 aliphatic carbocycles. The molecule has 110 valence electrons. The van der Waals surface area contributed by atoms with Crippen molar-refractivity contribution in [1.29, 1.82) is 0 Å². The maximum atomic E-state index is 12.4. The molecule has 1 saturated heterocycles. The number of hydrogen-bond acceptors (Lipinski definition) is 3. The first-order valence-electron chi connectivity index (χ1n) is 6.96. The molecule has 2 unspecified atom stereocenters. The average molecular weight is 297 g/mol. The molecule has 1 aromatic carbocycles. The molecular weight excluding hydrogens is 276 g/mol. The van der Waals surface area contributed by atoms with E-state index in [0.29, 0.717) is 12.3 Å². The summed E-state index contributed by atoms with van der Waals surface area (Å²) in [5.74, 6) is 1.60. The van der Waals surface area contributed by atoms with Gasteiger partial charge < -0.3 is 15.0 Å². The SMILES string of the molecule is CNCC1CCN(C(=O)C2Cc3ccccc3O2)C1.Cl. The number of nitrogens with one attached hydrogen (secondary N) is 1. The molecule has 4 nitrogen and oxygen atoms in total. The molecule has 2 heterocycles. The molecule has 0 aromatic heterocycles. The van der Waals surface area contributed by atoms with Gasteiger partial charge in [0.25, 0.3) is 5.91 Å². The molecular formula is C15H21ClN2O2. The van der Waals surface area contributed by atoms with Gasteiger partial charge in [0.05, 0.1) is 0 Å². The van der Waals surface area contributed by atoms with Crippen LogP contribution in [0.5, 0.6) is 5.75 Å². The number of amides is 1. The Morgan fingerprint density at radius 2 is 2.25 bits per heavy atom. The first-order valence-corrected chi connectivity index (χ1v) is 6.96. The summed E-state index contributed by atoms with van der Waals surface area (Å²) >= 11 is 0. The Bertz CT molecular complexity index is 456. The third kappa shape index (κ3) is 2.91. The molecule has 20 heavy (non-hydrogen) atoms. The number of halogens is 1. The number of carbonyl (C=O) groups is 1. The van der Waals surface area contributed by atoms with Crippen molar-refractivity contribution in [1.82, 2.24) is 10.2 Å². The van der Waals surface area contributed by atoms with Gasteiger partial charge in [0.15, 0.2) is 6.10 Å². The Balaban J connectivity index is 0.00000147. The van der Waals surface area contributed by atoms with Crippen molar-refractivity contribution in [2.75, 3.05) is 26.7 Å². The largest absolute Gasteiger partial charge is 0.480 e. The standard InChI is InChI=1S/C15H20N2O2.ClH/c1-16-9-11-6-7-17(10-11)15(18)14-8-12-4-2-3-5-13(12)19-14;/h2-5,11,14,16H,6-10H2,1H3;1H. The first-order chi connectivity index (χ1) is 9.28. The highest BCUT2D eigenvalue weighted by molar-refractivity contribution is 5.85. The molecule has 0 radical (unpaired) electrons. The van der Waals surface area contributed by atoms with Gasteiger partial charge in [-0.3, -0.25) is 4.79 Å². The van der Waals surface area contributed by atoms with Crippen LogP contribution in [0.15, 0.2) is 24.3 Å². The first kappa shape index (κ1) is 15.1. The van der Waals surface area contributed by atoms with Gasteiger partial charge in [-0.15, -0.1) is 12.4 Å². The van der Waals surface area contributed by atoms with Crippen LogP contribution in [0, 0.1) is 5.92 Å². The molecule has 5 heteroatoms. The lowest BCUT2D eigenvalue weighted by Gasteiger charge is -2.20. The number of carbonyl (C=O) groups excluding carboxylic acids is 1. The maximum absolute atomic E-state index is 12.4. The van der Waals surface area contributed by atoms with Crippen LogP contribution in [-0.4, -0.2) is 43.6 Å². The fraction of sp³-hybridized carbons (Fsp3) is 0.533. The summed E-state index contributed by atoms with van der Waals surface area (Å²) in [5, 5.41) is 3.18. The lowest BCUT2D eigenvalue weighted by Crippen LogP contribution is -2.40. The minimum atomic E-state index is -0.314. The van der Waals surface area contributed by atoms with Gasteiger partial charge in [0, 0.05) is 19.5 Å². The summed E-state index contributed by atoms with van der Waals surface area (Å²) < 4.78 is 5.77. The van der Waals surface area contributed by atoms with Gasteiger partial charge in [0.1, 0.15) is 5.75 Å². The predicted octanol–water partition coefficient (Wildman–Crippen LogP) is 1.48. The van der Waals surface area contributed by atoms with E-state index in [1.807, 2.05) is 36.2 Å². The maximum Gasteiger partial charge on any atom is 0.264 e. The van der Waals surface area contributed by atoms with Gasteiger partial charge in [-0.25, -0.2) is 0 Å². The van der Waals surface area contributed by atoms with Crippen molar-refractivity contribution in [3.8, 4) is 5.75 Å². The summed E-state index contributed by atoms with van der Waals surface area (Å²) in [6, 6.07) is 7.92. The van der Waals surface area contributed by atoms with E-state index in [0.717, 1.165) is 37.4 Å². The van der Waals surface area contributed by atoms with E-state index in [2.05, 4.69) is 5.32 Å². The minimum absolute atomic E-state index is 0. The van der Waals surface area contributed by atoms with Crippen LogP contribution >= 0.6 is 12.4 Å². The Kier molecular flexibility index (Phi) is 4.89. The zero-order valence-electron chi connectivity index (χ0n) is 11.7. The Morgan fingerprint density at radius 1 is 1.45 bits per heavy atom. The van der Waals surface area contributed by atoms with E-state index in [1.165, 1.54) is 0 Å². The van der Waals surface area contributed by atoms with Crippen molar-refractivity contribution in [2.45, 2.75) is 18.9 Å². The van der Waals surface area contributed by atoms with Gasteiger partial charge >= 0.3 is 0 Å². The zero-order chi connectivity index (χ0) is 13.2. The normalized spacial score (nSPS) is 23.9. The van der Waals surface area contributed by atoms with Gasteiger partial charge in [-0.05, 0) is 37.6 Å². The zero-order valence-corrected chi connectivity index (χ0v) is 12.5. The molecule has 0 spiro atoms. The van der Waals surface area contributed by atoms with Crippen LogP contribution in [-0.2, 0) is 11.2 Å².